The molecule has 4 aliphatic heterocycles. The Balaban J connectivity index is 0.000000165. The van der Waals surface area contributed by atoms with Gasteiger partial charge in [0.25, 0.3) is 47.3 Å². The molecule has 4 saturated heterocycles. The van der Waals surface area contributed by atoms with Gasteiger partial charge in [0, 0.05) is 130 Å². The lowest BCUT2D eigenvalue weighted by Gasteiger charge is -2.35. The van der Waals surface area contributed by atoms with E-state index < -0.39 is 69.2 Å². The van der Waals surface area contributed by atoms with Crippen molar-refractivity contribution in [2.45, 2.75) is 379 Å². The zero-order valence-electron chi connectivity index (χ0n) is 89.1. The molecule has 808 valence electrons. The predicted octanol–water partition coefficient (Wildman–Crippen LogP) is 18.9. The summed E-state index contributed by atoms with van der Waals surface area (Å²) in [5.74, 6) is -0.0969. The van der Waals surface area contributed by atoms with Crippen LogP contribution in [0.25, 0.3) is 41.8 Å². The monoisotopic (exact) mass is 2130 g/mol. The first-order valence-electron chi connectivity index (χ1n) is 52.6. The van der Waals surface area contributed by atoms with Crippen LogP contribution in [0.15, 0.2) is 49.1 Å². The summed E-state index contributed by atoms with van der Waals surface area (Å²) in [7, 11) is 0. The van der Waals surface area contributed by atoms with Crippen molar-refractivity contribution in [3.05, 3.63) is 114 Å². The second-order valence-electron chi connectivity index (χ2n) is 44.7. The SMILES string of the molecule is Cc1cc(NC2CCCC2)ncc1-c1sc(C(=O)NCC(C)(C)O)nc1C(=O)N1CCC[C@@H]1C.Cc1cc(NC2CCCCC2(C)F)ncc1-c1sc(C(=O)NCC(C)(C)O)nc1C(=O)N1CCC(F)CC1.Cc1cc(N[C@@H]2CCCCC2(C)F)ncc1-c1sc(C(=O)NCC(C)(C)O)nc1C(=O)N1CCCC[C@@H]1C.Cc1cc(N[C@H]2CCCCC2(C)F)ncc1-c1sc(C(=O)NCC(C)(C)O)nc1C(=O)N1CCCC[C@@H]1C. The van der Waals surface area contributed by atoms with E-state index in [0.717, 1.165) is 190 Å². The Kier molecular flexibility index (Phi) is 38.0. The van der Waals surface area contributed by atoms with Gasteiger partial charge in [0.15, 0.2) is 20.0 Å². The molecule has 32 nitrogen and oxygen atoms in total. The van der Waals surface area contributed by atoms with Crippen molar-refractivity contribution in [3.8, 4) is 41.8 Å². The quantitative estimate of drug-likeness (QED) is 0.0203. The van der Waals surface area contributed by atoms with Crippen molar-refractivity contribution in [3.63, 3.8) is 0 Å². The molecular formula is C108H152F4N20O12S4. The minimum Gasteiger partial charge on any atom is -0.389 e. The Hall–Kier alpha value is -10.4. The smallest absolute Gasteiger partial charge is 0.280 e. The van der Waals surface area contributed by atoms with Crippen molar-refractivity contribution >= 4 is 116 Å². The van der Waals surface area contributed by atoms with Gasteiger partial charge in [-0.1, -0.05) is 51.4 Å². The minimum atomic E-state index is -1.32. The molecule has 9 atom stereocenters. The fourth-order valence-electron chi connectivity index (χ4n) is 20.0. The van der Waals surface area contributed by atoms with Crippen molar-refractivity contribution in [2.75, 3.05) is 80.2 Å². The average molecular weight is 2130 g/mol. The van der Waals surface area contributed by atoms with Crippen molar-refractivity contribution < 1.29 is 76.3 Å². The molecule has 8 aromatic rings. The number of carbonyl (C=O) groups is 8. The second kappa shape index (κ2) is 48.9. The first-order chi connectivity index (χ1) is 69.7. The third-order valence-electron chi connectivity index (χ3n) is 29.0. The van der Waals surface area contributed by atoms with Crippen LogP contribution in [0.5, 0.6) is 0 Å². The summed E-state index contributed by atoms with van der Waals surface area (Å²) in [6, 6.07) is 7.40. The number of halogens is 4. The molecule has 0 radical (unpaired) electrons. The Bertz CT molecular complexity index is 5820. The van der Waals surface area contributed by atoms with Crippen LogP contribution in [0.2, 0.25) is 0 Å². The number of nitrogens with one attached hydrogen (secondary N) is 8. The van der Waals surface area contributed by atoms with E-state index in [2.05, 4.69) is 82.4 Å². The van der Waals surface area contributed by atoms with Gasteiger partial charge in [-0.05, 0) is 287 Å². The van der Waals surface area contributed by atoms with E-state index in [4.69, 9.17) is 0 Å². The summed E-state index contributed by atoms with van der Waals surface area (Å²) < 4.78 is 58.8. The van der Waals surface area contributed by atoms with Gasteiger partial charge < -0.3 is 82.6 Å². The highest BCUT2D eigenvalue weighted by atomic mass is 32.1. The van der Waals surface area contributed by atoms with Gasteiger partial charge >= 0.3 is 0 Å². The molecule has 0 bridgehead atoms. The second-order valence-corrected chi connectivity index (χ2v) is 48.7. The molecule has 0 aromatic carbocycles. The molecule has 8 amide bonds. The number of carbonyl (C=O) groups excluding carboxylic acids is 8. The first kappa shape index (κ1) is 115. The summed E-state index contributed by atoms with van der Waals surface area (Å²) in [6.45, 7) is 34.4. The maximum atomic E-state index is 15.0. The fraction of sp³-hybridized carbons (Fsp3) is 0.630. The first-order valence-corrected chi connectivity index (χ1v) is 55.9. The predicted molar refractivity (Wildman–Crippen MR) is 575 cm³/mol. The van der Waals surface area contributed by atoms with Gasteiger partial charge in [-0.2, -0.15) is 0 Å². The van der Waals surface area contributed by atoms with Crippen LogP contribution in [-0.4, -0.2) is 274 Å². The molecule has 40 heteroatoms. The highest BCUT2D eigenvalue weighted by Gasteiger charge is 2.43. The fourth-order valence-corrected chi connectivity index (χ4v) is 24.2. The average Bonchev–Trinajstić information content (AvgIpc) is 1.62. The van der Waals surface area contributed by atoms with Crippen LogP contribution in [0.4, 0.5) is 40.8 Å². The molecule has 12 heterocycles. The van der Waals surface area contributed by atoms with E-state index in [1.807, 2.05) is 87.4 Å². The van der Waals surface area contributed by atoms with Gasteiger partial charge in [-0.25, -0.2) is 57.4 Å². The number of piperidine rings is 3. The molecule has 4 aliphatic carbocycles. The number of pyridine rings is 4. The summed E-state index contributed by atoms with van der Waals surface area (Å²) in [4.78, 5) is 151. The number of rotatable bonds is 28. The number of anilines is 4. The number of hydrogen-bond donors (Lipinski definition) is 12. The molecule has 4 saturated carbocycles. The number of aryl methyl sites for hydroxylation is 4. The lowest BCUT2D eigenvalue weighted by Crippen LogP contribution is -2.43. The summed E-state index contributed by atoms with van der Waals surface area (Å²) >= 11 is 4.57. The molecule has 12 N–H and O–H groups in total. The van der Waals surface area contributed by atoms with Gasteiger partial charge in [0.2, 0.25) is 0 Å². The van der Waals surface area contributed by atoms with E-state index in [-0.39, 0.29) is 149 Å². The Morgan fingerprint density at radius 1 is 0.351 bits per heavy atom. The number of aliphatic hydroxyl groups is 4. The maximum absolute atomic E-state index is 15.0. The molecule has 0 spiro atoms. The Morgan fingerprint density at radius 3 is 0.851 bits per heavy atom. The third-order valence-corrected chi connectivity index (χ3v) is 33.3. The molecule has 8 fully saturated rings. The number of likely N-dealkylation sites (tertiary alicyclic amines) is 4. The molecule has 8 aliphatic rings. The van der Waals surface area contributed by atoms with Crippen molar-refractivity contribution in [2.24, 2.45) is 0 Å². The number of alkyl halides is 4. The summed E-state index contributed by atoms with van der Waals surface area (Å²) in [5.41, 5.74) is -0.926. The number of amides is 8. The van der Waals surface area contributed by atoms with Crippen LogP contribution in [0.3, 0.4) is 0 Å². The van der Waals surface area contributed by atoms with Crippen LogP contribution in [0.1, 0.15) is 367 Å². The molecule has 4 unspecified atom stereocenters. The van der Waals surface area contributed by atoms with Crippen LogP contribution in [0, 0.1) is 27.7 Å². The minimum absolute atomic E-state index is 0.0175. The highest BCUT2D eigenvalue weighted by molar-refractivity contribution is 7.18. The maximum Gasteiger partial charge on any atom is 0.280 e. The number of thiazole rings is 4. The molecular weight excluding hydrogens is 1970 g/mol. The Labute approximate surface area is 882 Å². The van der Waals surface area contributed by atoms with Gasteiger partial charge in [-0.3, -0.25) is 38.4 Å². The lowest BCUT2D eigenvalue weighted by atomic mass is 9.83. The summed E-state index contributed by atoms with van der Waals surface area (Å²) in [6.07, 6.45) is 28.3. The zero-order valence-corrected chi connectivity index (χ0v) is 92.3. The van der Waals surface area contributed by atoms with Crippen LogP contribution in [-0.2, 0) is 0 Å². The lowest BCUT2D eigenvalue weighted by molar-refractivity contribution is 0.0622. The van der Waals surface area contributed by atoms with E-state index in [0.29, 0.717) is 104 Å². The van der Waals surface area contributed by atoms with E-state index in [1.165, 1.54) is 24.2 Å². The van der Waals surface area contributed by atoms with Crippen molar-refractivity contribution in [1.29, 1.82) is 0 Å². The topological polar surface area (TPSA) is 430 Å². The highest BCUT2D eigenvalue weighted by Crippen LogP contribution is 2.44. The standard InChI is InChI=1S/2C28H40FN5O3S.C27H37F2N5O3S.C25H35N5O3S/c2*1-17-14-21(32-20-11-6-8-12-28(20,5)29)30-15-19(17)23-22(26(36)34-13-9-7-10-18(34)2)33-25(38-23)24(35)31-16-27(3,4)37;1-16-13-20(32-19-7-5-6-10-27(19,4)29)30-14-18(16)22-21(25(36)34-11-8-17(28)9-12-34)33-24(38-22)23(35)31-15-26(2,3)37;1-15-12-19(28-17-9-5-6-10-17)26-13-18(15)21-20(24(32)30-11-7-8-16(30)2)29-23(34-21)22(31)27-14-25(3,4)33/h2*14-15,18,20,37H,6-13,16H2,1-5H3,(H,30,32)(H,31,35);13-14,17,19,37H,5-12,15H2,1-4H3,(H,30,32)(H,31,35);12-13,16-17,33H,5-11,14H2,1-4H3,(H,26,28)(H,27,31)/t18-,20+,28?;18-,20-,28?;;16-/m00.0/s1. The number of hydrogen-bond acceptors (Lipinski definition) is 28. The van der Waals surface area contributed by atoms with Gasteiger partial charge in [0.1, 0.15) is 69.2 Å². The normalized spacial score (nSPS) is 22.7. The van der Waals surface area contributed by atoms with Crippen LogP contribution < -0.4 is 42.5 Å². The summed E-state index contributed by atoms with van der Waals surface area (Å²) in [5, 5.41) is 64.7. The van der Waals surface area contributed by atoms with Gasteiger partial charge in [-0.15, -0.1) is 45.3 Å². The molecule has 148 heavy (non-hydrogen) atoms. The van der Waals surface area contributed by atoms with E-state index in [1.54, 1.807) is 106 Å². The Morgan fingerprint density at radius 2 is 0.601 bits per heavy atom. The van der Waals surface area contributed by atoms with E-state index >= 15 is 13.2 Å². The number of nitrogens with zero attached hydrogens (tertiary/aromatic N) is 12. The zero-order chi connectivity index (χ0) is 107. The molecule has 16 rings (SSSR count). The van der Waals surface area contributed by atoms with Crippen molar-refractivity contribution in [1.82, 2.24) is 80.7 Å². The number of aromatic nitrogens is 8. The largest absolute Gasteiger partial charge is 0.389 e. The molecule has 8 aromatic heterocycles. The van der Waals surface area contributed by atoms with Crippen LogP contribution >= 0.6 is 45.3 Å². The third kappa shape index (κ3) is 30.3. The van der Waals surface area contributed by atoms with Gasteiger partial charge in [0.05, 0.1) is 60.0 Å². The van der Waals surface area contributed by atoms with E-state index in [9.17, 15) is 63.2 Å².